The summed E-state index contributed by atoms with van der Waals surface area (Å²) in [7, 11) is 0. The van der Waals surface area contributed by atoms with Gasteiger partial charge < -0.3 is 14.8 Å². The standard InChI is InChI=1S/C20H17NO3/c22-16-8-4-7-14-20(16)19(12-5-2-1-3-6-12)13-9-17-18(24-11-23-17)10-15(13)21-14/h1-3,5-6,9-10,19,21H,4,7-8,11H2. The van der Waals surface area contributed by atoms with Crippen LogP contribution in [0.2, 0.25) is 0 Å². The van der Waals surface area contributed by atoms with Crippen LogP contribution in [-0.4, -0.2) is 12.6 Å². The third kappa shape index (κ3) is 1.96. The Labute approximate surface area is 140 Å². The highest BCUT2D eigenvalue weighted by molar-refractivity contribution is 6.01. The minimum Gasteiger partial charge on any atom is -0.454 e. The summed E-state index contributed by atoms with van der Waals surface area (Å²) in [5, 5.41) is 3.48. The van der Waals surface area contributed by atoms with Crippen molar-refractivity contribution >= 4 is 11.5 Å². The molecule has 0 saturated carbocycles. The van der Waals surface area contributed by atoms with Gasteiger partial charge in [0.1, 0.15) is 0 Å². The van der Waals surface area contributed by atoms with Crippen LogP contribution in [0.5, 0.6) is 11.5 Å². The lowest BCUT2D eigenvalue weighted by Crippen LogP contribution is -2.26. The van der Waals surface area contributed by atoms with Gasteiger partial charge in [0.15, 0.2) is 17.3 Å². The Morgan fingerprint density at radius 2 is 1.79 bits per heavy atom. The molecule has 0 radical (unpaired) electrons. The van der Waals surface area contributed by atoms with Crippen molar-refractivity contribution in [2.24, 2.45) is 0 Å². The largest absolute Gasteiger partial charge is 0.454 e. The zero-order valence-corrected chi connectivity index (χ0v) is 13.2. The number of allylic oxidation sites excluding steroid dienone is 2. The second-order valence-corrected chi connectivity index (χ2v) is 6.43. The summed E-state index contributed by atoms with van der Waals surface area (Å²) in [5.74, 6) is 1.73. The summed E-state index contributed by atoms with van der Waals surface area (Å²) in [5.41, 5.74) is 5.22. The van der Waals surface area contributed by atoms with Gasteiger partial charge in [0.25, 0.3) is 0 Å². The molecule has 2 aromatic carbocycles. The van der Waals surface area contributed by atoms with Crippen molar-refractivity contribution in [1.29, 1.82) is 0 Å². The van der Waals surface area contributed by atoms with Gasteiger partial charge in [-0.1, -0.05) is 30.3 Å². The van der Waals surface area contributed by atoms with Crippen LogP contribution in [0, 0.1) is 0 Å². The van der Waals surface area contributed by atoms with Crippen molar-refractivity contribution in [3.63, 3.8) is 0 Å². The molecule has 2 aliphatic heterocycles. The zero-order valence-electron chi connectivity index (χ0n) is 13.2. The van der Waals surface area contributed by atoms with Gasteiger partial charge in [-0.2, -0.15) is 0 Å². The molecule has 4 heteroatoms. The molecule has 2 aromatic rings. The number of ether oxygens (including phenoxy) is 2. The van der Waals surface area contributed by atoms with Gasteiger partial charge >= 0.3 is 0 Å². The number of carbonyl (C=O) groups excluding carboxylic acids is 1. The van der Waals surface area contributed by atoms with E-state index in [2.05, 4.69) is 17.4 Å². The number of anilines is 1. The van der Waals surface area contributed by atoms with Crippen molar-refractivity contribution in [3.05, 3.63) is 64.9 Å². The lowest BCUT2D eigenvalue weighted by atomic mass is 9.75. The van der Waals surface area contributed by atoms with Crippen LogP contribution in [0.25, 0.3) is 0 Å². The van der Waals surface area contributed by atoms with Gasteiger partial charge in [0, 0.05) is 35.4 Å². The average molecular weight is 319 g/mol. The summed E-state index contributed by atoms with van der Waals surface area (Å²) >= 11 is 0. The van der Waals surface area contributed by atoms with E-state index in [4.69, 9.17) is 9.47 Å². The molecule has 0 saturated heterocycles. The number of fused-ring (bicyclic) bond motifs is 2. The third-order valence-corrected chi connectivity index (χ3v) is 5.02. The maximum absolute atomic E-state index is 12.7. The molecule has 2 heterocycles. The number of Topliss-reactive ketones (excluding diaryl/α,β-unsaturated/α-hetero) is 1. The molecule has 3 aliphatic rings. The monoisotopic (exact) mass is 319 g/mol. The van der Waals surface area contributed by atoms with Gasteiger partial charge in [-0.25, -0.2) is 0 Å². The van der Waals surface area contributed by atoms with E-state index in [1.165, 1.54) is 0 Å². The van der Waals surface area contributed by atoms with Crippen LogP contribution in [0.3, 0.4) is 0 Å². The first kappa shape index (κ1) is 13.7. The summed E-state index contributed by atoms with van der Waals surface area (Å²) in [6.07, 6.45) is 2.45. The van der Waals surface area contributed by atoms with Crippen LogP contribution in [0.4, 0.5) is 5.69 Å². The highest BCUT2D eigenvalue weighted by Crippen LogP contribution is 2.49. The quantitative estimate of drug-likeness (QED) is 0.864. The Balaban J connectivity index is 1.74. The normalized spacial score (nSPS) is 21.2. The Bertz CT molecular complexity index is 870. The number of ketones is 1. The van der Waals surface area contributed by atoms with Gasteiger partial charge in [-0.3, -0.25) is 4.79 Å². The van der Waals surface area contributed by atoms with Gasteiger partial charge in [-0.05, 0) is 30.0 Å². The second kappa shape index (κ2) is 5.13. The fraction of sp³-hybridized carbons (Fsp3) is 0.250. The molecule has 0 bridgehead atoms. The maximum Gasteiger partial charge on any atom is 0.231 e. The van der Waals surface area contributed by atoms with Crippen LogP contribution in [0.1, 0.15) is 36.3 Å². The molecule has 0 aromatic heterocycles. The fourth-order valence-electron chi connectivity index (χ4n) is 3.94. The molecular weight excluding hydrogens is 302 g/mol. The van der Waals surface area contributed by atoms with E-state index >= 15 is 0 Å². The number of benzene rings is 2. The van der Waals surface area contributed by atoms with Gasteiger partial charge in [0.2, 0.25) is 6.79 Å². The summed E-state index contributed by atoms with van der Waals surface area (Å²) in [4.78, 5) is 12.7. The molecule has 1 unspecified atom stereocenters. The van der Waals surface area contributed by atoms with Crippen molar-refractivity contribution in [3.8, 4) is 11.5 Å². The number of nitrogens with one attached hydrogen (secondary N) is 1. The Morgan fingerprint density at radius 1 is 1.00 bits per heavy atom. The van der Waals surface area contributed by atoms with E-state index in [0.717, 1.165) is 52.4 Å². The first-order valence-corrected chi connectivity index (χ1v) is 8.33. The predicted octanol–water partition coefficient (Wildman–Crippen LogP) is 3.98. The highest BCUT2D eigenvalue weighted by atomic mass is 16.7. The Kier molecular flexibility index (Phi) is 2.92. The minimum absolute atomic E-state index is 0.0419. The van der Waals surface area contributed by atoms with E-state index in [9.17, 15) is 4.79 Å². The molecule has 24 heavy (non-hydrogen) atoms. The molecule has 1 N–H and O–H groups in total. The predicted molar refractivity (Wildman–Crippen MR) is 90.4 cm³/mol. The van der Waals surface area contributed by atoms with Crippen molar-refractivity contribution in [2.75, 3.05) is 12.1 Å². The molecular formula is C20H17NO3. The maximum atomic E-state index is 12.7. The highest BCUT2D eigenvalue weighted by Gasteiger charge is 2.36. The summed E-state index contributed by atoms with van der Waals surface area (Å²) in [6, 6.07) is 14.3. The molecule has 0 spiro atoms. The van der Waals surface area contributed by atoms with E-state index in [1.807, 2.05) is 30.3 Å². The van der Waals surface area contributed by atoms with E-state index in [-0.39, 0.29) is 18.5 Å². The van der Waals surface area contributed by atoms with Crippen molar-refractivity contribution in [1.82, 2.24) is 0 Å². The molecule has 0 fully saturated rings. The Hall–Kier alpha value is -2.75. The summed E-state index contributed by atoms with van der Waals surface area (Å²) in [6.45, 7) is 0.250. The first-order valence-electron chi connectivity index (χ1n) is 8.33. The summed E-state index contributed by atoms with van der Waals surface area (Å²) < 4.78 is 11.1. The third-order valence-electron chi connectivity index (χ3n) is 5.02. The number of carbonyl (C=O) groups is 1. The molecule has 0 amide bonds. The van der Waals surface area contributed by atoms with Crippen LogP contribution in [-0.2, 0) is 4.79 Å². The smallest absolute Gasteiger partial charge is 0.231 e. The zero-order chi connectivity index (χ0) is 16.1. The second-order valence-electron chi connectivity index (χ2n) is 6.43. The van der Waals surface area contributed by atoms with Crippen LogP contribution < -0.4 is 14.8 Å². The average Bonchev–Trinajstić information content (AvgIpc) is 3.06. The lowest BCUT2D eigenvalue weighted by molar-refractivity contribution is -0.116. The van der Waals surface area contributed by atoms with Crippen molar-refractivity contribution < 1.29 is 14.3 Å². The SMILES string of the molecule is O=C1CCCC2=C1C(c1ccccc1)c1cc3c(cc1N2)OCO3. The minimum atomic E-state index is -0.0419. The van der Waals surface area contributed by atoms with E-state index < -0.39 is 0 Å². The molecule has 4 nitrogen and oxygen atoms in total. The molecule has 5 rings (SSSR count). The Morgan fingerprint density at radius 3 is 2.62 bits per heavy atom. The van der Waals surface area contributed by atoms with Crippen LogP contribution in [0.15, 0.2) is 53.7 Å². The lowest BCUT2D eigenvalue weighted by Gasteiger charge is -2.34. The van der Waals surface area contributed by atoms with Crippen LogP contribution >= 0.6 is 0 Å². The van der Waals surface area contributed by atoms with Gasteiger partial charge in [0.05, 0.1) is 0 Å². The number of hydrogen-bond acceptors (Lipinski definition) is 4. The van der Waals surface area contributed by atoms with Crippen molar-refractivity contribution in [2.45, 2.75) is 25.2 Å². The number of hydrogen-bond donors (Lipinski definition) is 1. The molecule has 1 aliphatic carbocycles. The topological polar surface area (TPSA) is 47.6 Å². The van der Waals surface area contributed by atoms with E-state index in [0.29, 0.717) is 6.42 Å². The fourth-order valence-corrected chi connectivity index (χ4v) is 3.94. The number of rotatable bonds is 1. The molecule has 1 atom stereocenters. The van der Waals surface area contributed by atoms with E-state index in [1.54, 1.807) is 0 Å². The van der Waals surface area contributed by atoms with Gasteiger partial charge in [-0.15, -0.1) is 0 Å². The first-order chi connectivity index (χ1) is 11.8. The molecule has 120 valence electrons.